The van der Waals surface area contributed by atoms with E-state index < -0.39 is 17.7 Å². The lowest BCUT2D eigenvalue weighted by Crippen LogP contribution is -2.37. The van der Waals surface area contributed by atoms with Crippen LogP contribution in [0.5, 0.6) is 0 Å². The molecule has 4 rings (SSSR count). The predicted molar refractivity (Wildman–Crippen MR) is 133 cm³/mol. The number of allylic oxidation sites excluding steroid dienone is 5. The van der Waals surface area contributed by atoms with Gasteiger partial charge >= 0.3 is 6.18 Å². The lowest BCUT2D eigenvalue weighted by molar-refractivity contribution is -0.136. The van der Waals surface area contributed by atoms with E-state index in [2.05, 4.69) is 20.6 Å². The van der Waals surface area contributed by atoms with Crippen LogP contribution >= 0.6 is 0 Å². The zero-order valence-electron chi connectivity index (χ0n) is 20.6. The standard InChI is InChI=1S/C25H28F5N7O/c1-24(26,27)17-9-6-15(7-10-17)4-2-12-33-19-11-8-16(14-18(19)25(28,29)30)21-34-22(38-36-21)20-5-3-13-37(20)23(31)35-32/h2,4,6,8-9,11,14,20,33H,3,5,7,10,12-13,32H2,1H3,(H2,31,35)/b4-2-. The third-order valence-electron chi connectivity index (χ3n) is 6.48. The van der Waals surface area contributed by atoms with Crippen molar-refractivity contribution in [2.45, 2.75) is 50.7 Å². The molecular formula is C25H28F5N7O. The summed E-state index contributed by atoms with van der Waals surface area (Å²) < 4.78 is 73.7. The van der Waals surface area contributed by atoms with Crippen molar-refractivity contribution in [1.82, 2.24) is 15.0 Å². The topological polar surface area (TPSA) is 119 Å². The predicted octanol–water partition coefficient (Wildman–Crippen LogP) is 5.35. The highest BCUT2D eigenvalue weighted by atomic mass is 19.4. The summed E-state index contributed by atoms with van der Waals surface area (Å²) in [6, 6.07) is 3.38. The molecule has 38 heavy (non-hydrogen) atoms. The second kappa shape index (κ2) is 10.8. The third kappa shape index (κ3) is 6.14. The fourth-order valence-corrected chi connectivity index (χ4v) is 4.47. The Labute approximate surface area is 215 Å². The number of alkyl halides is 5. The molecular weight excluding hydrogens is 509 g/mol. The van der Waals surface area contributed by atoms with Crippen LogP contribution in [0.15, 0.2) is 63.3 Å². The maximum absolute atomic E-state index is 13.9. The Hall–Kier alpha value is -3.90. The fraction of sp³-hybridized carbons (Fsp3) is 0.400. The van der Waals surface area contributed by atoms with E-state index in [1.54, 1.807) is 23.1 Å². The second-order valence-corrected chi connectivity index (χ2v) is 9.16. The van der Waals surface area contributed by atoms with Gasteiger partial charge in [0.25, 0.3) is 5.92 Å². The molecule has 1 fully saturated rings. The number of hydrogen-bond acceptors (Lipinski definition) is 6. The van der Waals surface area contributed by atoms with E-state index in [4.69, 9.17) is 16.1 Å². The quantitative estimate of drug-likeness (QED) is 0.143. The molecule has 2 aliphatic rings. The smallest absolute Gasteiger partial charge is 0.381 e. The summed E-state index contributed by atoms with van der Waals surface area (Å²) in [5.74, 6) is 2.75. The third-order valence-corrected chi connectivity index (χ3v) is 6.48. The van der Waals surface area contributed by atoms with Gasteiger partial charge in [0.1, 0.15) is 6.04 Å². The number of hydrogen-bond donors (Lipinski definition) is 3. The molecule has 1 aromatic heterocycles. The molecule has 1 aliphatic heterocycles. The van der Waals surface area contributed by atoms with Crippen LogP contribution in [0.1, 0.15) is 50.1 Å². The number of guanidine groups is 1. The van der Waals surface area contributed by atoms with Crippen LogP contribution in [0.25, 0.3) is 11.4 Å². The minimum atomic E-state index is -4.64. The number of rotatable bonds is 7. The first-order valence-corrected chi connectivity index (χ1v) is 12.0. The lowest BCUT2D eigenvalue weighted by atomic mass is 9.94. The maximum atomic E-state index is 13.9. The molecule has 0 saturated carbocycles. The highest BCUT2D eigenvalue weighted by Crippen LogP contribution is 2.38. The number of halogens is 5. The molecule has 0 bridgehead atoms. The number of nitrogens with two attached hydrogens (primary N) is 2. The van der Waals surface area contributed by atoms with Crippen molar-refractivity contribution in [2.75, 3.05) is 18.4 Å². The van der Waals surface area contributed by atoms with E-state index in [1.807, 2.05) is 0 Å². The number of likely N-dealkylation sites (tertiary alicyclic amines) is 1. The van der Waals surface area contributed by atoms with Crippen LogP contribution < -0.4 is 16.9 Å². The summed E-state index contributed by atoms with van der Waals surface area (Å²) in [4.78, 5) is 6.01. The second-order valence-electron chi connectivity index (χ2n) is 9.16. The molecule has 13 heteroatoms. The van der Waals surface area contributed by atoms with Crippen molar-refractivity contribution >= 4 is 11.6 Å². The Balaban J connectivity index is 1.47. The summed E-state index contributed by atoms with van der Waals surface area (Å²) in [7, 11) is 0. The van der Waals surface area contributed by atoms with Gasteiger partial charge in [-0.2, -0.15) is 18.2 Å². The molecule has 5 N–H and O–H groups in total. The number of aromatic nitrogens is 2. The van der Waals surface area contributed by atoms with E-state index in [1.165, 1.54) is 18.2 Å². The number of benzene rings is 1. The van der Waals surface area contributed by atoms with Crippen LogP contribution in [-0.2, 0) is 6.18 Å². The Morgan fingerprint density at radius 2 is 2.03 bits per heavy atom. The average molecular weight is 538 g/mol. The molecule has 2 heterocycles. The van der Waals surface area contributed by atoms with E-state index in [-0.39, 0.29) is 53.5 Å². The Morgan fingerprint density at radius 3 is 2.68 bits per heavy atom. The highest BCUT2D eigenvalue weighted by Gasteiger charge is 2.35. The van der Waals surface area contributed by atoms with E-state index in [0.717, 1.165) is 25.0 Å². The zero-order valence-corrected chi connectivity index (χ0v) is 20.6. The number of anilines is 1. The monoisotopic (exact) mass is 537 g/mol. The SMILES string of the molecule is CC(F)(F)C1=CC=C(/C=C\CNc2ccc(-c3noc(C4CCCN4/C(N)=N/N)n3)cc2C(F)(F)F)CC1. The van der Waals surface area contributed by atoms with Gasteiger partial charge in [-0.3, -0.25) is 0 Å². The number of nitrogens with one attached hydrogen (secondary N) is 1. The first-order chi connectivity index (χ1) is 18.0. The van der Waals surface area contributed by atoms with E-state index >= 15 is 0 Å². The molecule has 1 atom stereocenters. The van der Waals surface area contributed by atoms with Gasteiger partial charge < -0.3 is 26.3 Å². The first-order valence-electron chi connectivity index (χ1n) is 12.0. The molecule has 0 amide bonds. The van der Waals surface area contributed by atoms with Crippen LogP contribution in [0.2, 0.25) is 0 Å². The zero-order chi connectivity index (χ0) is 27.5. The summed E-state index contributed by atoms with van der Waals surface area (Å²) in [6.07, 6.45) is 3.83. The van der Waals surface area contributed by atoms with Crippen molar-refractivity contribution in [2.24, 2.45) is 16.7 Å². The minimum absolute atomic E-state index is 0.0152. The molecule has 1 aromatic carbocycles. The molecule has 0 spiro atoms. The van der Waals surface area contributed by atoms with Crippen molar-refractivity contribution < 1.29 is 26.5 Å². The van der Waals surface area contributed by atoms with Gasteiger partial charge in [0, 0.05) is 31.3 Å². The van der Waals surface area contributed by atoms with Crippen molar-refractivity contribution in [3.63, 3.8) is 0 Å². The molecule has 0 radical (unpaired) electrons. The highest BCUT2D eigenvalue weighted by molar-refractivity contribution is 5.78. The van der Waals surface area contributed by atoms with Crippen LogP contribution in [0.3, 0.4) is 0 Å². The van der Waals surface area contributed by atoms with Crippen molar-refractivity contribution in [3.8, 4) is 11.4 Å². The number of hydrazone groups is 1. The van der Waals surface area contributed by atoms with Gasteiger partial charge in [-0.15, -0.1) is 5.10 Å². The Morgan fingerprint density at radius 1 is 1.24 bits per heavy atom. The summed E-state index contributed by atoms with van der Waals surface area (Å²) in [6.45, 7) is 1.55. The minimum Gasteiger partial charge on any atom is -0.381 e. The van der Waals surface area contributed by atoms with Crippen LogP contribution in [-0.4, -0.2) is 40.0 Å². The fourth-order valence-electron chi connectivity index (χ4n) is 4.47. The summed E-state index contributed by atoms with van der Waals surface area (Å²) >= 11 is 0. The van der Waals surface area contributed by atoms with Crippen molar-refractivity contribution in [1.29, 1.82) is 0 Å². The lowest BCUT2D eigenvalue weighted by Gasteiger charge is -2.21. The molecule has 1 aliphatic carbocycles. The maximum Gasteiger partial charge on any atom is 0.418 e. The molecule has 1 unspecified atom stereocenters. The van der Waals surface area contributed by atoms with Gasteiger partial charge in [0.05, 0.1) is 5.56 Å². The Kier molecular flexibility index (Phi) is 7.74. The van der Waals surface area contributed by atoms with Crippen LogP contribution in [0.4, 0.5) is 27.6 Å². The van der Waals surface area contributed by atoms with Gasteiger partial charge in [-0.05, 0) is 55.0 Å². The van der Waals surface area contributed by atoms with Crippen LogP contribution in [0, 0.1) is 0 Å². The Bertz CT molecular complexity index is 1270. The summed E-state index contributed by atoms with van der Waals surface area (Å²) in [5.41, 5.74) is 5.83. The van der Waals surface area contributed by atoms with Gasteiger partial charge in [-0.25, -0.2) is 8.78 Å². The molecule has 1 saturated heterocycles. The normalized spacial score (nSPS) is 19.2. The molecule has 2 aromatic rings. The summed E-state index contributed by atoms with van der Waals surface area (Å²) in [5, 5.41) is 10.1. The van der Waals surface area contributed by atoms with Gasteiger partial charge in [0.2, 0.25) is 17.7 Å². The molecule has 204 valence electrons. The van der Waals surface area contributed by atoms with E-state index in [9.17, 15) is 22.0 Å². The van der Waals surface area contributed by atoms with Crippen molar-refractivity contribution in [3.05, 3.63) is 65.1 Å². The van der Waals surface area contributed by atoms with Gasteiger partial charge in [-0.1, -0.05) is 29.5 Å². The largest absolute Gasteiger partial charge is 0.418 e. The molecule has 8 nitrogen and oxygen atoms in total. The van der Waals surface area contributed by atoms with Gasteiger partial charge in [0.15, 0.2) is 0 Å². The first kappa shape index (κ1) is 27.1. The number of nitrogens with zero attached hydrogens (tertiary/aromatic N) is 4. The van der Waals surface area contributed by atoms with E-state index in [0.29, 0.717) is 19.4 Å². The average Bonchev–Trinajstić information content (AvgIpc) is 3.55.